The van der Waals surface area contributed by atoms with Crippen LogP contribution in [0.5, 0.6) is 0 Å². The molecule has 0 aromatic carbocycles. The van der Waals surface area contributed by atoms with Crippen LogP contribution in [0.25, 0.3) is 0 Å². The first-order valence-corrected chi connectivity index (χ1v) is 15.0. The Morgan fingerprint density at radius 2 is 0.889 bits per heavy atom. The molecule has 7 heteroatoms. The molecule has 2 fully saturated rings. The van der Waals surface area contributed by atoms with E-state index in [9.17, 15) is 4.79 Å². The topological polar surface area (TPSA) is 42.0 Å². The fourth-order valence-corrected chi connectivity index (χ4v) is 5.87. The molecule has 0 bridgehead atoms. The lowest BCUT2D eigenvalue weighted by Gasteiger charge is -2.41. The Bertz CT molecular complexity index is 481. The molecule has 0 amide bonds. The molecule has 0 heterocycles. The first-order chi connectivity index (χ1) is 16.6. The minimum Gasteiger partial charge on any atom is -0.429 e. The average molecular weight is 554 g/mol. The van der Waals surface area contributed by atoms with E-state index in [1.54, 1.807) is 0 Å². The molecule has 2 aliphatic carbocycles. The van der Waals surface area contributed by atoms with Crippen molar-refractivity contribution in [1.29, 1.82) is 0 Å². The van der Waals surface area contributed by atoms with Gasteiger partial charge in [-0.15, -0.1) is 24.8 Å². The molecule has 4 atom stereocenters. The number of carbonyl (C=O) groups is 1. The molecule has 0 saturated heterocycles. The van der Waals surface area contributed by atoms with Gasteiger partial charge in [-0.1, -0.05) is 66.2 Å². The van der Waals surface area contributed by atoms with Crippen LogP contribution in [-0.4, -0.2) is 66.4 Å². The molecule has 0 aromatic rings. The summed E-state index contributed by atoms with van der Waals surface area (Å²) in [6, 6.07) is 0.708. The maximum Gasteiger partial charge on any atom is 0.508 e. The highest BCUT2D eigenvalue weighted by Crippen LogP contribution is 2.30. The highest BCUT2D eigenvalue weighted by atomic mass is 35.5. The van der Waals surface area contributed by atoms with Crippen LogP contribution < -0.4 is 0 Å². The van der Waals surface area contributed by atoms with E-state index in [1.165, 1.54) is 64.2 Å². The van der Waals surface area contributed by atoms with Crippen molar-refractivity contribution in [3.8, 4) is 0 Å². The summed E-state index contributed by atoms with van der Waals surface area (Å²) in [5.74, 6) is 0. The molecule has 4 unspecified atom stereocenters. The second-order valence-corrected chi connectivity index (χ2v) is 10.8. The van der Waals surface area contributed by atoms with E-state index in [2.05, 4.69) is 37.5 Å². The number of halogens is 2. The fourth-order valence-electron chi connectivity index (χ4n) is 5.87. The molecule has 2 aliphatic rings. The number of carbonyl (C=O) groups excluding carboxylic acids is 1. The lowest BCUT2D eigenvalue weighted by molar-refractivity contribution is -0.0668. The van der Waals surface area contributed by atoms with Crippen LogP contribution in [0.1, 0.15) is 130 Å². The molecule has 5 nitrogen and oxygen atoms in total. The minimum absolute atomic E-state index is 0. The first kappa shape index (κ1) is 35.8. The number of rotatable bonds is 16. The number of unbranched alkanes of at least 4 members (excludes halogenated alkanes) is 4. The van der Waals surface area contributed by atoms with E-state index >= 15 is 0 Å². The predicted molar refractivity (Wildman–Crippen MR) is 157 cm³/mol. The molecular formula is C29H58Cl2N2O3. The van der Waals surface area contributed by atoms with E-state index in [0.29, 0.717) is 12.1 Å². The van der Waals surface area contributed by atoms with Gasteiger partial charge in [0.25, 0.3) is 0 Å². The molecule has 216 valence electrons. The van der Waals surface area contributed by atoms with Gasteiger partial charge in [0, 0.05) is 12.1 Å². The first-order valence-electron chi connectivity index (χ1n) is 15.0. The molecule has 0 radical (unpaired) electrons. The molecule has 0 N–H and O–H groups in total. The lowest BCUT2D eigenvalue weighted by Crippen LogP contribution is -2.50. The largest absolute Gasteiger partial charge is 0.508 e. The predicted octanol–water partition coefficient (Wildman–Crippen LogP) is 8.41. The summed E-state index contributed by atoms with van der Waals surface area (Å²) in [6.07, 6.45) is 18.2. The quantitative estimate of drug-likeness (QED) is 0.180. The summed E-state index contributed by atoms with van der Waals surface area (Å²) >= 11 is 0. The van der Waals surface area contributed by atoms with Gasteiger partial charge in [0.15, 0.2) is 0 Å². The van der Waals surface area contributed by atoms with E-state index in [1.807, 2.05) is 0 Å². The van der Waals surface area contributed by atoms with Gasteiger partial charge in [0.05, 0.1) is 0 Å². The van der Waals surface area contributed by atoms with Crippen LogP contribution in [0.2, 0.25) is 0 Å². The highest BCUT2D eigenvalue weighted by molar-refractivity contribution is 5.85. The third-order valence-corrected chi connectivity index (χ3v) is 7.96. The van der Waals surface area contributed by atoms with Crippen molar-refractivity contribution in [2.24, 2.45) is 0 Å². The van der Waals surface area contributed by atoms with Crippen LogP contribution in [0.3, 0.4) is 0 Å². The van der Waals surface area contributed by atoms with E-state index < -0.39 is 6.16 Å². The Morgan fingerprint density at radius 3 is 1.19 bits per heavy atom. The normalized spacial score (nSPS) is 24.2. The zero-order valence-electron chi connectivity index (χ0n) is 23.9. The SMILES string of the molecule is CCCCN(CCCC)C1CCCCC1OC(=O)OC1CCCCC1N(CCCC)CCCC.Cl.Cl. The molecule has 0 aliphatic heterocycles. The van der Waals surface area contributed by atoms with Crippen LogP contribution in [-0.2, 0) is 9.47 Å². The molecule has 2 rings (SSSR count). The van der Waals surface area contributed by atoms with E-state index in [-0.39, 0.29) is 37.0 Å². The van der Waals surface area contributed by atoms with Crippen LogP contribution in [0, 0.1) is 0 Å². The number of hydrogen-bond donors (Lipinski definition) is 0. The van der Waals surface area contributed by atoms with Gasteiger partial charge in [0.2, 0.25) is 0 Å². The third-order valence-electron chi connectivity index (χ3n) is 7.96. The molecule has 0 spiro atoms. The number of ether oxygens (including phenoxy) is 2. The van der Waals surface area contributed by atoms with Crippen molar-refractivity contribution in [2.45, 2.75) is 155 Å². The summed E-state index contributed by atoms with van der Waals surface area (Å²) in [5, 5.41) is 0. The molecule has 0 aromatic heterocycles. The Balaban J connectivity index is 0.00000612. The second-order valence-electron chi connectivity index (χ2n) is 10.8. The van der Waals surface area contributed by atoms with Crippen LogP contribution >= 0.6 is 24.8 Å². The van der Waals surface area contributed by atoms with Crippen molar-refractivity contribution in [1.82, 2.24) is 9.80 Å². The Morgan fingerprint density at radius 1 is 0.583 bits per heavy atom. The van der Waals surface area contributed by atoms with Crippen molar-refractivity contribution >= 4 is 31.0 Å². The van der Waals surface area contributed by atoms with Crippen molar-refractivity contribution < 1.29 is 14.3 Å². The summed E-state index contributed by atoms with van der Waals surface area (Å²) < 4.78 is 12.2. The third kappa shape index (κ3) is 12.5. The Hall–Kier alpha value is -0.230. The average Bonchev–Trinajstić information content (AvgIpc) is 2.85. The summed E-state index contributed by atoms with van der Waals surface area (Å²) in [5.41, 5.74) is 0. The van der Waals surface area contributed by atoms with E-state index in [0.717, 1.165) is 64.7 Å². The van der Waals surface area contributed by atoms with Gasteiger partial charge < -0.3 is 9.47 Å². The van der Waals surface area contributed by atoms with Crippen LogP contribution in [0.15, 0.2) is 0 Å². The zero-order valence-corrected chi connectivity index (χ0v) is 25.5. The molecular weight excluding hydrogens is 495 g/mol. The maximum atomic E-state index is 13.1. The van der Waals surface area contributed by atoms with Crippen LogP contribution in [0.4, 0.5) is 4.79 Å². The Labute approximate surface area is 235 Å². The summed E-state index contributed by atoms with van der Waals surface area (Å²) in [7, 11) is 0. The molecule has 2 saturated carbocycles. The lowest BCUT2D eigenvalue weighted by atomic mass is 9.90. The van der Waals surface area contributed by atoms with Crippen molar-refractivity contribution in [3.63, 3.8) is 0 Å². The van der Waals surface area contributed by atoms with Gasteiger partial charge in [-0.3, -0.25) is 9.80 Å². The number of nitrogens with zero attached hydrogens (tertiary/aromatic N) is 2. The second kappa shape index (κ2) is 21.7. The minimum atomic E-state index is -0.411. The highest BCUT2D eigenvalue weighted by Gasteiger charge is 2.36. The van der Waals surface area contributed by atoms with Gasteiger partial charge in [-0.25, -0.2) is 4.79 Å². The van der Waals surface area contributed by atoms with E-state index in [4.69, 9.17) is 9.47 Å². The fraction of sp³-hybridized carbons (Fsp3) is 0.966. The van der Waals surface area contributed by atoms with Gasteiger partial charge >= 0.3 is 6.16 Å². The summed E-state index contributed by atoms with van der Waals surface area (Å²) in [6.45, 7) is 13.5. The monoisotopic (exact) mass is 552 g/mol. The smallest absolute Gasteiger partial charge is 0.429 e. The standard InChI is InChI=1S/C29H56N2O3.2ClH/c1-5-9-21-30(22-10-6-2)25-17-13-15-19-27(25)33-29(32)34-28-20-16-14-18-26(28)31(23-11-7-3)24-12-8-4;;/h25-28H,5-24H2,1-4H3;2*1H. The molecule has 36 heavy (non-hydrogen) atoms. The van der Waals surface area contributed by atoms with Crippen molar-refractivity contribution in [2.75, 3.05) is 26.2 Å². The Kier molecular flexibility index (Phi) is 21.5. The summed E-state index contributed by atoms with van der Waals surface area (Å²) in [4.78, 5) is 18.3. The van der Waals surface area contributed by atoms with Gasteiger partial charge in [0.1, 0.15) is 12.2 Å². The number of hydrogen-bond acceptors (Lipinski definition) is 5. The zero-order chi connectivity index (χ0) is 24.6. The van der Waals surface area contributed by atoms with Gasteiger partial charge in [-0.2, -0.15) is 0 Å². The van der Waals surface area contributed by atoms with Gasteiger partial charge in [-0.05, 0) is 90.4 Å². The van der Waals surface area contributed by atoms with Crippen molar-refractivity contribution in [3.05, 3.63) is 0 Å². The maximum absolute atomic E-state index is 13.1.